The van der Waals surface area contributed by atoms with Crippen molar-refractivity contribution in [2.24, 2.45) is 0 Å². The summed E-state index contributed by atoms with van der Waals surface area (Å²) in [7, 11) is 0. The van der Waals surface area contributed by atoms with Crippen molar-refractivity contribution in [2.75, 3.05) is 19.7 Å². The molecule has 4 nitrogen and oxygen atoms in total. The lowest BCUT2D eigenvalue weighted by Crippen LogP contribution is -2.36. The highest BCUT2D eigenvalue weighted by atomic mass is 16.5. The second-order valence-electron chi connectivity index (χ2n) is 5.00. The van der Waals surface area contributed by atoms with Crippen molar-refractivity contribution >= 4 is 5.97 Å². The molecule has 1 N–H and O–H groups in total. The number of carboxylic acid groups (broad SMARTS) is 1. The van der Waals surface area contributed by atoms with Gasteiger partial charge in [-0.3, -0.25) is 9.69 Å². The molecule has 0 spiro atoms. The van der Waals surface area contributed by atoms with Gasteiger partial charge in [-0.15, -0.1) is 0 Å². The van der Waals surface area contributed by atoms with Crippen molar-refractivity contribution in [3.05, 3.63) is 29.8 Å². The number of benzene rings is 1. The summed E-state index contributed by atoms with van der Waals surface area (Å²) >= 11 is 0. The zero-order valence-electron chi connectivity index (χ0n) is 11.3. The third-order valence-corrected chi connectivity index (χ3v) is 3.59. The maximum atomic E-state index is 11.0. The number of aliphatic carboxylic acids is 1. The number of carboxylic acids is 1. The normalized spacial score (nSPS) is 19.5. The molecule has 104 valence electrons. The largest absolute Gasteiger partial charge is 0.493 e. The average Bonchev–Trinajstić information content (AvgIpc) is 2.85. The van der Waals surface area contributed by atoms with E-state index in [0.29, 0.717) is 6.61 Å². The van der Waals surface area contributed by atoms with Crippen LogP contribution in [0.1, 0.15) is 24.8 Å². The Hall–Kier alpha value is -1.55. The van der Waals surface area contributed by atoms with Crippen molar-refractivity contribution in [3.63, 3.8) is 0 Å². The third kappa shape index (κ3) is 3.70. The van der Waals surface area contributed by atoms with Crippen LogP contribution in [0.25, 0.3) is 0 Å². The molecule has 1 aliphatic heterocycles. The summed E-state index contributed by atoms with van der Waals surface area (Å²) in [6, 6.07) is 7.65. The van der Waals surface area contributed by atoms with Crippen LogP contribution in [0.3, 0.4) is 0 Å². The van der Waals surface area contributed by atoms with Gasteiger partial charge in [0.25, 0.3) is 0 Å². The first-order chi connectivity index (χ1) is 9.18. The molecule has 1 saturated heterocycles. The van der Waals surface area contributed by atoms with E-state index in [1.54, 1.807) is 0 Å². The first-order valence-corrected chi connectivity index (χ1v) is 6.84. The van der Waals surface area contributed by atoms with Crippen LogP contribution in [0.15, 0.2) is 24.3 Å². The Balaban J connectivity index is 1.72. The van der Waals surface area contributed by atoms with Crippen molar-refractivity contribution in [1.29, 1.82) is 0 Å². The van der Waals surface area contributed by atoms with Gasteiger partial charge < -0.3 is 9.84 Å². The van der Waals surface area contributed by atoms with E-state index in [9.17, 15) is 4.79 Å². The lowest BCUT2D eigenvalue weighted by molar-refractivity contribution is -0.142. The van der Waals surface area contributed by atoms with Gasteiger partial charge in [0.2, 0.25) is 0 Å². The van der Waals surface area contributed by atoms with E-state index in [1.807, 2.05) is 36.1 Å². The van der Waals surface area contributed by atoms with Gasteiger partial charge >= 0.3 is 5.97 Å². The molecule has 1 aromatic carbocycles. The second-order valence-corrected chi connectivity index (χ2v) is 5.00. The fraction of sp³-hybridized carbons (Fsp3) is 0.533. The summed E-state index contributed by atoms with van der Waals surface area (Å²) in [6.45, 7) is 4.34. The molecule has 4 heteroatoms. The summed E-state index contributed by atoms with van der Waals surface area (Å²) in [5, 5.41) is 9.08. The first kappa shape index (κ1) is 13.9. The number of likely N-dealkylation sites (tertiary alicyclic amines) is 1. The summed E-state index contributed by atoms with van der Waals surface area (Å²) in [5.41, 5.74) is 1.13. The molecule has 1 fully saturated rings. The number of hydrogen-bond acceptors (Lipinski definition) is 3. The average molecular weight is 263 g/mol. The number of rotatable bonds is 6. The van der Waals surface area contributed by atoms with Crippen molar-refractivity contribution in [1.82, 2.24) is 4.90 Å². The molecule has 2 rings (SSSR count). The smallest absolute Gasteiger partial charge is 0.320 e. The molecule has 19 heavy (non-hydrogen) atoms. The molecule has 0 unspecified atom stereocenters. The Morgan fingerprint density at radius 2 is 2.26 bits per heavy atom. The van der Waals surface area contributed by atoms with Gasteiger partial charge in [0.15, 0.2) is 0 Å². The van der Waals surface area contributed by atoms with Gasteiger partial charge in [0, 0.05) is 6.54 Å². The molecule has 0 aromatic heterocycles. The van der Waals surface area contributed by atoms with E-state index in [2.05, 4.69) is 0 Å². The highest BCUT2D eigenvalue weighted by Gasteiger charge is 2.29. The number of para-hydroxylation sites is 1. The number of carbonyl (C=O) groups is 1. The Morgan fingerprint density at radius 1 is 1.47 bits per heavy atom. The van der Waals surface area contributed by atoms with Crippen LogP contribution in [0.5, 0.6) is 5.75 Å². The van der Waals surface area contributed by atoms with Crippen molar-refractivity contribution in [3.8, 4) is 5.75 Å². The Bertz CT molecular complexity index is 433. The fourth-order valence-corrected chi connectivity index (χ4v) is 2.54. The molecule has 0 aliphatic carbocycles. The summed E-state index contributed by atoms with van der Waals surface area (Å²) in [4.78, 5) is 13.1. The molecule has 0 bridgehead atoms. The Labute approximate surface area is 114 Å². The summed E-state index contributed by atoms with van der Waals surface area (Å²) in [5.74, 6) is 0.219. The minimum Gasteiger partial charge on any atom is -0.493 e. The molecule has 0 amide bonds. The molecule has 1 aromatic rings. The molecule has 0 radical (unpaired) electrons. The molecule has 1 heterocycles. The van der Waals surface area contributed by atoms with E-state index < -0.39 is 5.97 Å². The van der Waals surface area contributed by atoms with Gasteiger partial charge in [-0.1, -0.05) is 18.2 Å². The first-order valence-electron chi connectivity index (χ1n) is 6.84. The monoisotopic (exact) mass is 263 g/mol. The second kappa shape index (κ2) is 6.57. The molecular weight excluding hydrogens is 242 g/mol. The minimum absolute atomic E-state index is 0.293. The number of hydrogen-bond donors (Lipinski definition) is 1. The summed E-state index contributed by atoms with van der Waals surface area (Å²) < 4.78 is 5.72. The Morgan fingerprint density at radius 3 is 3.00 bits per heavy atom. The van der Waals surface area contributed by atoms with Crippen molar-refractivity contribution in [2.45, 2.75) is 32.2 Å². The minimum atomic E-state index is -0.697. The van der Waals surface area contributed by atoms with Crippen LogP contribution in [0.2, 0.25) is 0 Å². The van der Waals surface area contributed by atoms with Gasteiger partial charge in [-0.25, -0.2) is 0 Å². The Kier molecular flexibility index (Phi) is 4.80. The quantitative estimate of drug-likeness (QED) is 0.800. The lowest BCUT2D eigenvalue weighted by atomic mass is 10.2. The van der Waals surface area contributed by atoms with Crippen LogP contribution in [-0.4, -0.2) is 41.7 Å². The SMILES string of the molecule is Cc1ccccc1OCCCN1CCC[C@H]1C(=O)O. The van der Waals surface area contributed by atoms with Gasteiger partial charge in [-0.2, -0.15) is 0 Å². The highest BCUT2D eigenvalue weighted by Crippen LogP contribution is 2.19. The van der Waals surface area contributed by atoms with Gasteiger partial charge in [0.1, 0.15) is 11.8 Å². The number of aryl methyl sites for hydroxylation is 1. The number of nitrogens with zero attached hydrogens (tertiary/aromatic N) is 1. The molecule has 1 atom stereocenters. The van der Waals surface area contributed by atoms with Crippen LogP contribution < -0.4 is 4.74 Å². The predicted molar refractivity (Wildman–Crippen MR) is 73.5 cm³/mol. The maximum Gasteiger partial charge on any atom is 0.320 e. The standard InChI is InChI=1S/C15H21NO3/c1-12-6-2-3-8-14(12)19-11-5-10-16-9-4-7-13(16)15(17)18/h2-3,6,8,13H,4-5,7,9-11H2,1H3,(H,17,18)/t13-/m0/s1. The fourth-order valence-electron chi connectivity index (χ4n) is 2.54. The van der Waals surface area contributed by atoms with E-state index >= 15 is 0 Å². The molecular formula is C15H21NO3. The van der Waals surface area contributed by atoms with Gasteiger partial charge in [-0.05, 0) is 44.4 Å². The maximum absolute atomic E-state index is 11.0. The summed E-state index contributed by atoms with van der Waals surface area (Å²) in [6.07, 6.45) is 2.61. The van der Waals surface area contributed by atoms with E-state index in [1.165, 1.54) is 0 Å². The zero-order valence-corrected chi connectivity index (χ0v) is 11.3. The van der Waals surface area contributed by atoms with Gasteiger partial charge in [0.05, 0.1) is 6.61 Å². The zero-order chi connectivity index (χ0) is 13.7. The number of ether oxygens (including phenoxy) is 1. The van der Waals surface area contributed by atoms with E-state index in [-0.39, 0.29) is 6.04 Å². The topological polar surface area (TPSA) is 49.8 Å². The lowest BCUT2D eigenvalue weighted by Gasteiger charge is -2.20. The van der Waals surface area contributed by atoms with Crippen LogP contribution >= 0.6 is 0 Å². The van der Waals surface area contributed by atoms with Crippen LogP contribution in [0, 0.1) is 6.92 Å². The molecule has 0 saturated carbocycles. The third-order valence-electron chi connectivity index (χ3n) is 3.59. The molecule has 1 aliphatic rings. The van der Waals surface area contributed by atoms with E-state index in [0.717, 1.165) is 43.7 Å². The van der Waals surface area contributed by atoms with Crippen LogP contribution in [0.4, 0.5) is 0 Å². The highest BCUT2D eigenvalue weighted by molar-refractivity contribution is 5.73. The van der Waals surface area contributed by atoms with E-state index in [4.69, 9.17) is 9.84 Å². The van der Waals surface area contributed by atoms with Crippen LogP contribution in [-0.2, 0) is 4.79 Å². The predicted octanol–water partition coefficient (Wildman–Crippen LogP) is 2.31. The van der Waals surface area contributed by atoms with Crippen molar-refractivity contribution < 1.29 is 14.6 Å².